The number of anilines is 1. The maximum atomic E-state index is 13.9. The minimum Gasteiger partial charge on any atom is -0.457 e. The fourth-order valence-corrected chi connectivity index (χ4v) is 5.84. The lowest BCUT2D eigenvalue weighted by molar-refractivity contribution is -0.387. The average Bonchev–Trinajstić information content (AvgIpc) is 3.57. The zero-order valence-electron chi connectivity index (χ0n) is 22.3. The number of nitrogens with one attached hydrogen (secondary N) is 1. The Morgan fingerprint density at radius 3 is 2.53 bits per heavy atom. The molecule has 5 aromatic rings. The van der Waals surface area contributed by atoms with Crippen molar-refractivity contribution in [3.8, 4) is 11.3 Å². The van der Waals surface area contributed by atoms with Crippen molar-refractivity contribution in [2.45, 2.75) is 13.0 Å². The van der Waals surface area contributed by atoms with E-state index in [-0.39, 0.29) is 27.2 Å². The van der Waals surface area contributed by atoms with E-state index in [1.54, 1.807) is 43.3 Å². The van der Waals surface area contributed by atoms with E-state index < -0.39 is 39.8 Å². The molecule has 9 nitrogen and oxygen atoms in total. The summed E-state index contributed by atoms with van der Waals surface area (Å²) < 4.78 is 35.1. The molecule has 0 aliphatic carbocycles. The summed E-state index contributed by atoms with van der Waals surface area (Å²) in [6.45, 7) is 1.67. The zero-order valence-corrected chi connectivity index (χ0v) is 23.1. The number of nitro groups is 1. The third-order valence-electron chi connectivity index (χ3n) is 6.81. The Balaban J connectivity index is 1.43. The molecule has 0 spiro atoms. The van der Waals surface area contributed by atoms with Crippen LogP contribution in [0.2, 0.25) is 0 Å². The molecule has 0 bridgehead atoms. The van der Waals surface area contributed by atoms with Gasteiger partial charge in [0.2, 0.25) is 5.82 Å². The van der Waals surface area contributed by atoms with E-state index in [0.29, 0.717) is 21.7 Å². The molecular formula is C31H20F2N4O5S. The number of amides is 1. The Kier molecular flexibility index (Phi) is 7.12. The third kappa shape index (κ3) is 5.31. The van der Waals surface area contributed by atoms with Gasteiger partial charge >= 0.3 is 5.69 Å². The lowest BCUT2D eigenvalue weighted by Gasteiger charge is -2.25. The number of furan rings is 1. The van der Waals surface area contributed by atoms with Gasteiger partial charge in [0.15, 0.2) is 4.80 Å². The minimum absolute atomic E-state index is 0.229. The Morgan fingerprint density at radius 1 is 1.07 bits per heavy atom. The molecule has 0 fully saturated rings. The second-order valence-corrected chi connectivity index (χ2v) is 10.6. The highest BCUT2D eigenvalue weighted by molar-refractivity contribution is 7.07. The van der Waals surface area contributed by atoms with E-state index >= 15 is 0 Å². The number of nitrogens with zero attached hydrogens (tertiary/aromatic N) is 3. The van der Waals surface area contributed by atoms with Crippen LogP contribution in [0.3, 0.4) is 0 Å². The number of rotatable bonds is 6. The van der Waals surface area contributed by atoms with Crippen molar-refractivity contribution in [3.63, 3.8) is 0 Å². The molecule has 1 amide bonds. The fourth-order valence-electron chi connectivity index (χ4n) is 4.81. The first-order chi connectivity index (χ1) is 20.7. The normalized spacial score (nSPS) is 14.8. The Labute approximate surface area is 245 Å². The van der Waals surface area contributed by atoms with Gasteiger partial charge in [-0.05, 0) is 61.0 Å². The summed E-state index contributed by atoms with van der Waals surface area (Å²) in [6, 6.07) is 20.0. The van der Waals surface area contributed by atoms with Gasteiger partial charge in [0.1, 0.15) is 17.3 Å². The number of para-hydroxylation sites is 1. The van der Waals surface area contributed by atoms with Gasteiger partial charge in [-0.3, -0.25) is 24.3 Å². The van der Waals surface area contributed by atoms with E-state index in [1.165, 1.54) is 41.0 Å². The van der Waals surface area contributed by atoms with Gasteiger partial charge < -0.3 is 9.73 Å². The van der Waals surface area contributed by atoms with E-state index in [1.807, 2.05) is 6.07 Å². The first kappa shape index (κ1) is 27.7. The van der Waals surface area contributed by atoms with Crippen LogP contribution in [-0.2, 0) is 4.79 Å². The predicted octanol–water partition coefficient (Wildman–Crippen LogP) is 5.32. The van der Waals surface area contributed by atoms with E-state index in [2.05, 4.69) is 10.3 Å². The highest BCUT2D eigenvalue weighted by atomic mass is 32.1. The molecule has 0 saturated heterocycles. The van der Waals surface area contributed by atoms with Crippen LogP contribution in [0, 0.1) is 21.7 Å². The first-order valence-corrected chi connectivity index (χ1v) is 13.7. The molecule has 2 aromatic heterocycles. The lowest BCUT2D eigenvalue weighted by atomic mass is 9.95. The molecule has 1 atom stereocenters. The topological polar surface area (TPSA) is 120 Å². The fraction of sp³-hybridized carbons (Fsp3) is 0.0645. The number of hydrogen-bond acceptors (Lipinski definition) is 7. The summed E-state index contributed by atoms with van der Waals surface area (Å²) in [4.78, 5) is 42.6. The number of benzene rings is 3. The van der Waals surface area contributed by atoms with Crippen LogP contribution >= 0.6 is 11.3 Å². The van der Waals surface area contributed by atoms with Crippen molar-refractivity contribution in [1.82, 2.24) is 4.57 Å². The number of hydrogen-bond donors (Lipinski definition) is 1. The number of thiazole rings is 1. The Hall–Kier alpha value is -5.49. The van der Waals surface area contributed by atoms with Gasteiger partial charge in [0.25, 0.3) is 11.5 Å². The minimum atomic E-state index is -0.968. The molecule has 3 aromatic carbocycles. The van der Waals surface area contributed by atoms with Gasteiger partial charge in [-0.1, -0.05) is 41.7 Å². The molecule has 1 aliphatic rings. The number of nitro benzene ring substituents is 1. The molecule has 214 valence electrons. The van der Waals surface area contributed by atoms with Gasteiger partial charge in [-0.2, -0.15) is 4.39 Å². The molecule has 1 N–H and O–H groups in total. The second kappa shape index (κ2) is 11.1. The highest BCUT2D eigenvalue weighted by Crippen LogP contribution is 2.31. The quantitative estimate of drug-likeness (QED) is 0.210. The predicted molar refractivity (Wildman–Crippen MR) is 156 cm³/mol. The van der Waals surface area contributed by atoms with Crippen LogP contribution < -0.4 is 20.2 Å². The third-order valence-corrected chi connectivity index (χ3v) is 7.79. The van der Waals surface area contributed by atoms with E-state index in [0.717, 1.165) is 23.5 Å². The second-order valence-electron chi connectivity index (χ2n) is 9.58. The Morgan fingerprint density at radius 2 is 1.81 bits per heavy atom. The van der Waals surface area contributed by atoms with E-state index in [4.69, 9.17) is 4.42 Å². The summed E-state index contributed by atoms with van der Waals surface area (Å²) in [6.07, 6.45) is 1.50. The van der Waals surface area contributed by atoms with Gasteiger partial charge in [-0.25, -0.2) is 9.38 Å². The standard InChI is InChI=1S/C31H20F2N4O5S/c1-17-27(29(38)35-21-5-3-2-4-6-21)28(18-7-10-20(32)11-8-18)36-30(39)26(43-31(36)34-17)16-22-12-14-25(42-22)19-9-13-23(33)24(15-19)37(40)41/h2-16,28H,1H3,(H,35,38)/b26-16-/t28-/m1/s1. The van der Waals surface area contributed by atoms with E-state index in [9.17, 15) is 28.5 Å². The first-order valence-electron chi connectivity index (χ1n) is 12.9. The molecule has 3 heterocycles. The van der Waals surface area contributed by atoms with Gasteiger partial charge in [-0.15, -0.1) is 0 Å². The number of fused-ring (bicyclic) bond motifs is 1. The van der Waals surface area contributed by atoms with Crippen molar-refractivity contribution in [2.24, 2.45) is 4.99 Å². The molecule has 0 unspecified atom stereocenters. The SMILES string of the molecule is CC1=C(C(=O)Nc2ccccc2)[C@@H](c2ccc(F)cc2)n2c(s/c(=C\c3ccc(-c4ccc(F)c([N+](=O)[O-])c4)o3)c2=O)=N1. The summed E-state index contributed by atoms with van der Waals surface area (Å²) in [7, 11) is 0. The van der Waals surface area contributed by atoms with Crippen LogP contribution in [0.15, 0.2) is 110 Å². The largest absolute Gasteiger partial charge is 0.457 e. The molecular weight excluding hydrogens is 578 g/mol. The van der Waals surface area contributed by atoms with Gasteiger partial charge in [0.05, 0.1) is 26.8 Å². The summed E-state index contributed by atoms with van der Waals surface area (Å²) in [5.74, 6) is -1.39. The zero-order chi connectivity index (χ0) is 30.2. The molecule has 0 radical (unpaired) electrons. The molecule has 0 saturated carbocycles. The molecule has 1 aliphatic heterocycles. The number of allylic oxidation sites excluding steroid dienone is 1. The molecule has 12 heteroatoms. The number of carbonyl (C=O) groups is 1. The lowest BCUT2D eigenvalue weighted by Crippen LogP contribution is -2.40. The Bertz CT molecular complexity index is 2120. The van der Waals surface area contributed by atoms with Crippen LogP contribution in [-0.4, -0.2) is 15.4 Å². The van der Waals surface area contributed by atoms with Crippen molar-refractivity contribution in [2.75, 3.05) is 5.32 Å². The summed E-state index contributed by atoms with van der Waals surface area (Å²) in [5, 5.41) is 14.0. The van der Waals surface area contributed by atoms with Crippen molar-refractivity contribution < 1.29 is 22.9 Å². The van der Waals surface area contributed by atoms with Gasteiger partial charge in [0, 0.05) is 23.4 Å². The highest BCUT2D eigenvalue weighted by Gasteiger charge is 2.32. The van der Waals surface area contributed by atoms with Crippen LogP contribution in [0.5, 0.6) is 0 Å². The summed E-state index contributed by atoms with van der Waals surface area (Å²) in [5.41, 5.74) is 0.845. The average molecular weight is 599 g/mol. The van der Waals surface area contributed by atoms with Crippen molar-refractivity contribution in [3.05, 3.63) is 149 Å². The maximum Gasteiger partial charge on any atom is 0.305 e. The van der Waals surface area contributed by atoms with Crippen LogP contribution in [0.25, 0.3) is 17.4 Å². The molecule has 43 heavy (non-hydrogen) atoms. The monoisotopic (exact) mass is 598 g/mol. The maximum absolute atomic E-state index is 13.9. The van der Waals surface area contributed by atoms with Crippen LogP contribution in [0.1, 0.15) is 24.3 Å². The van der Waals surface area contributed by atoms with Crippen molar-refractivity contribution >= 4 is 34.7 Å². The van der Waals surface area contributed by atoms with Crippen LogP contribution in [0.4, 0.5) is 20.2 Å². The molecule has 6 rings (SSSR count). The van der Waals surface area contributed by atoms with Crippen molar-refractivity contribution in [1.29, 1.82) is 0 Å². The smallest absolute Gasteiger partial charge is 0.305 e. The summed E-state index contributed by atoms with van der Waals surface area (Å²) >= 11 is 1.08. The number of carbonyl (C=O) groups excluding carboxylic acids is 1. The number of halogens is 2. The number of aromatic nitrogens is 1.